The van der Waals surface area contributed by atoms with Crippen LogP contribution in [0.15, 0.2) is 12.1 Å². The maximum Gasteiger partial charge on any atom is 0.167 e. The molecule has 0 atom stereocenters. The van der Waals surface area contributed by atoms with Crippen LogP contribution < -0.4 is 15.8 Å². The first-order chi connectivity index (χ1) is 8.70. The van der Waals surface area contributed by atoms with E-state index in [0.29, 0.717) is 12.3 Å². The number of nitrogens with one attached hydrogen (secondary N) is 1. The lowest BCUT2D eigenvalue weighted by atomic mass is 9.85. The van der Waals surface area contributed by atoms with Gasteiger partial charge < -0.3 is 15.8 Å². The van der Waals surface area contributed by atoms with E-state index in [-0.39, 0.29) is 5.75 Å². The van der Waals surface area contributed by atoms with Gasteiger partial charge in [-0.25, -0.2) is 4.39 Å². The van der Waals surface area contributed by atoms with Crippen LogP contribution in [-0.4, -0.2) is 13.2 Å². The van der Waals surface area contributed by atoms with Crippen molar-refractivity contribution in [2.75, 3.05) is 24.2 Å². The van der Waals surface area contributed by atoms with Crippen LogP contribution in [-0.2, 0) is 0 Å². The highest BCUT2D eigenvalue weighted by Gasteiger charge is 2.17. The Labute approximate surface area is 108 Å². The first-order valence-electron chi connectivity index (χ1n) is 6.66. The van der Waals surface area contributed by atoms with Gasteiger partial charge in [0.05, 0.1) is 18.0 Å². The summed E-state index contributed by atoms with van der Waals surface area (Å²) < 4.78 is 19.0. The fraction of sp³-hybridized carbons (Fsp3) is 0.571. The van der Waals surface area contributed by atoms with E-state index in [0.717, 1.165) is 24.6 Å². The van der Waals surface area contributed by atoms with Gasteiger partial charge in [-0.2, -0.15) is 0 Å². The van der Waals surface area contributed by atoms with Crippen molar-refractivity contribution in [3.05, 3.63) is 17.9 Å². The standard InChI is InChI=1S/C14H21FN2O/c1-2-6-18-14-8-13(12(16)7-11(14)15)17-9-10-4-3-5-10/h7-8,10,17H,2-6,9,16H2,1H3. The van der Waals surface area contributed by atoms with Crippen molar-refractivity contribution in [3.63, 3.8) is 0 Å². The predicted octanol–water partition coefficient (Wildman–Crippen LogP) is 3.41. The van der Waals surface area contributed by atoms with Crippen LogP contribution in [0.25, 0.3) is 0 Å². The van der Waals surface area contributed by atoms with Gasteiger partial charge in [0.25, 0.3) is 0 Å². The average Bonchev–Trinajstić information content (AvgIpc) is 2.28. The van der Waals surface area contributed by atoms with Gasteiger partial charge in [-0.3, -0.25) is 0 Å². The van der Waals surface area contributed by atoms with Gasteiger partial charge in [0, 0.05) is 18.7 Å². The van der Waals surface area contributed by atoms with E-state index in [1.54, 1.807) is 6.07 Å². The quantitative estimate of drug-likeness (QED) is 0.763. The summed E-state index contributed by atoms with van der Waals surface area (Å²) in [6, 6.07) is 2.99. The molecule has 2 rings (SSSR count). The zero-order chi connectivity index (χ0) is 13.0. The Balaban J connectivity index is 2.02. The molecule has 4 heteroatoms. The Morgan fingerprint density at radius 2 is 2.22 bits per heavy atom. The van der Waals surface area contributed by atoms with Gasteiger partial charge >= 0.3 is 0 Å². The summed E-state index contributed by atoms with van der Waals surface area (Å²) in [6.45, 7) is 3.41. The third-order valence-electron chi connectivity index (χ3n) is 3.37. The largest absolute Gasteiger partial charge is 0.490 e. The van der Waals surface area contributed by atoms with Gasteiger partial charge in [-0.05, 0) is 25.2 Å². The van der Waals surface area contributed by atoms with Gasteiger partial charge in [-0.15, -0.1) is 0 Å². The molecule has 3 nitrogen and oxygen atoms in total. The van der Waals surface area contributed by atoms with Crippen LogP contribution in [0.4, 0.5) is 15.8 Å². The summed E-state index contributed by atoms with van der Waals surface area (Å²) in [5, 5.41) is 3.29. The molecule has 100 valence electrons. The minimum Gasteiger partial charge on any atom is -0.490 e. The zero-order valence-electron chi connectivity index (χ0n) is 10.8. The van der Waals surface area contributed by atoms with Crippen LogP contribution in [0.2, 0.25) is 0 Å². The van der Waals surface area contributed by atoms with Crippen molar-refractivity contribution in [2.45, 2.75) is 32.6 Å². The van der Waals surface area contributed by atoms with E-state index in [1.165, 1.54) is 25.3 Å². The fourth-order valence-corrected chi connectivity index (χ4v) is 2.00. The van der Waals surface area contributed by atoms with Gasteiger partial charge in [0.15, 0.2) is 11.6 Å². The third-order valence-corrected chi connectivity index (χ3v) is 3.37. The summed E-state index contributed by atoms with van der Waals surface area (Å²) in [5.74, 6) is 0.617. The normalized spacial score (nSPS) is 15.2. The molecule has 0 aromatic heterocycles. The molecule has 3 N–H and O–H groups in total. The number of halogens is 1. The molecule has 1 fully saturated rings. The van der Waals surface area contributed by atoms with Crippen molar-refractivity contribution in [1.29, 1.82) is 0 Å². The molecular weight excluding hydrogens is 231 g/mol. The predicted molar refractivity (Wildman–Crippen MR) is 72.4 cm³/mol. The van der Waals surface area contributed by atoms with Crippen LogP contribution in [0.1, 0.15) is 32.6 Å². The third kappa shape index (κ3) is 3.06. The highest BCUT2D eigenvalue weighted by atomic mass is 19.1. The minimum atomic E-state index is -0.393. The zero-order valence-corrected chi connectivity index (χ0v) is 10.8. The van der Waals surface area contributed by atoms with Crippen LogP contribution in [0, 0.1) is 11.7 Å². The fourth-order valence-electron chi connectivity index (χ4n) is 2.00. The number of anilines is 2. The van der Waals surface area contributed by atoms with Gasteiger partial charge in [0.1, 0.15) is 0 Å². The van der Waals surface area contributed by atoms with E-state index in [1.807, 2.05) is 6.92 Å². The number of rotatable bonds is 6. The molecule has 0 bridgehead atoms. The maximum absolute atomic E-state index is 13.6. The van der Waals surface area contributed by atoms with E-state index in [4.69, 9.17) is 10.5 Å². The highest BCUT2D eigenvalue weighted by Crippen LogP contribution is 2.31. The van der Waals surface area contributed by atoms with E-state index in [9.17, 15) is 4.39 Å². The number of hydrogen-bond donors (Lipinski definition) is 2. The molecule has 0 heterocycles. The lowest BCUT2D eigenvalue weighted by Gasteiger charge is -2.26. The summed E-state index contributed by atoms with van der Waals surface area (Å²) in [5.41, 5.74) is 7.02. The van der Waals surface area contributed by atoms with Gasteiger partial charge in [0.2, 0.25) is 0 Å². The second-order valence-electron chi connectivity index (χ2n) is 4.90. The van der Waals surface area contributed by atoms with E-state index < -0.39 is 5.82 Å². The van der Waals surface area contributed by atoms with Gasteiger partial charge in [-0.1, -0.05) is 13.3 Å². The Kier molecular flexibility index (Phi) is 4.28. The SMILES string of the molecule is CCCOc1cc(NCC2CCC2)c(N)cc1F. The first kappa shape index (κ1) is 13.0. The molecule has 18 heavy (non-hydrogen) atoms. The van der Waals surface area contributed by atoms with E-state index >= 15 is 0 Å². The van der Waals surface area contributed by atoms with Crippen LogP contribution in [0.5, 0.6) is 5.75 Å². The molecule has 1 saturated carbocycles. The lowest BCUT2D eigenvalue weighted by Crippen LogP contribution is -2.21. The molecule has 0 radical (unpaired) electrons. The second kappa shape index (κ2) is 5.94. The summed E-state index contributed by atoms with van der Waals surface area (Å²) in [4.78, 5) is 0. The van der Waals surface area contributed by atoms with Crippen molar-refractivity contribution >= 4 is 11.4 Å². The Morgan fingerprint density at radius 1 is 1.44 bits per heavy atom. The molecule has 1 aromatic carbocycles. The molecule has 0 spiro atoms. The first-order valence-corrected chi connectivity index (χ1v) is 6.66. The van der Waals surface area contributed by atoms with E-state index in [2.05, 4.69) is 5.32 Å². The smallest absolute Gasteiger partial charge is 0.167 e. The highest BCUT2D eigenvalue weighted by molar-refractivity contribution is 5.68. The maximum atomic E-state index is 13.6. The summed E-state index contributed by atoms with van der Waals surface area (Å²) in [7, 11) is 0. The Bertz CT molecular complexity index is 405. The molecule has 1 aromatic rings. The molecule has 0 unspecified atom stereocenters. The number of nitrogen functional groups attached to an aromatic ring is 1. The number of hydrogen-bond acceptors (Lipinski definition) is 3. The summed E-state index contributed by atoms with van der Waals surface area (Å²) >= 11 is 0. The van der Waals surface area contributed by atoms with Crippen molar-refractivity contribution in [2.24, 2.45) is 5.92 Å². The second-order valence-corrected chi connectivity index (χ2v) is 4.90. The molecular formula is C14H21FN2O. The Hall–Kier alpha value is -1.45. The Morgan fingerprint density at radius 3 is 2.83 bits per heavy atom. The average molecular weight is 252 g/mol. The number of ether oxygens (including phenoxy) is 1. The lowest BCUT2D eigenvalue weighted by molar-refractivity contribution is 0.301. The minimum absolute atomic E-state index is 0.280. The van der Waals surface area contributed by atoms with Crippen molar-refractivity contribution in [3.8, 4) is 5.75 Å². The summed E-state index contributed by atoms with van der Waals surface area (Å²) in [6.07, 6.45) is 4.71. The van der Waals surface area contributed by atoms with Crippen molar-refractivity contribution in [1.82, 2.24) is 0 Å². The topological polar surface area (TPSA) is 47.3 Å². The molecule has 1 aliphatic rings. The number of nitrogens with two attached hydrogens (primary N) is 1. The monoisotopic (exact) mass is 252 g/mol. The van der Waals surface area contributed by atoms with Crippen LogP contribution >= 0.6 is 0 Å². The molecule has 0 aliphatic heterocycles. The van der Waals surface area contributed by atoms with Crippen LogP contribution in [0.3, 0.4) is 0 Å². The molecule has 1 aliphatic carbocycles. The molecule has 0 amide bonds. The number of benzene rings is 1. The van der Waals surface area contributed by atoms with Crippen molar-refractivity contribution < 1.29 is 9.13 Å². The molecule has 0 saturated heterocycles.